The molecule has 27 aromatic rings. The first-order valence-electron chi connectivity index (χ1n) is 27.5. The first-order chi connectivity index (χ1) is 38.4. The van der Waals surface area contributed by atoms with E-state index in [0.717, 1.165) is 81.9 Å². The Morgan fingerprint density at radius 3 is 0.449 bits per heavy atom. The largest absolute Gasteiger partial charge is 0.468 e. The van der Waals surface area contributed by atoms with Gasteiger partial charge in [0.05, 0.1) is 39.3 Å². The van der Waals surface area contributed by atoms with Crippen LogP contribution in [-0.4, -0.2) is 52.3 Å². The fraction of sp³-hybridized carbons (Fsp3) is 0.114. The highest BCUT2D eigenvalue weighted by Crippen LogP contribution is 2.85. The van der Waals surface area contributed by atoms with Crippen LogP contribution < -0.4 is 0 Å². The summed E-state index contributed by atoms with van der Waals surface area (Å²) in [7, 11) is 5.63. The third kappa shape index (κ3) is 1.78. The number of carbonyl (C=O) groups excluding carboxylic acids is 4. The van der Waals surface area contributed by atoms with Gasteiger partial charge in [-0.05, 0) is 313 Å². The number of carbonyl (C=O) groups is 4. The second-order valence-electron chi connectivity index (χ2n) is 26.3. The number of ether oxygens (including phenoxy) is 4. The van der Waals surface area contributed by atoms with Gasteiger partial charge in [0.15, 0.2) is 11.8 Å². The maximum Gasteiger partial charge on any atom is 0.321 e. The lowest BCUT2D eigenvalue weighted by Gasteiger charge is -2.51. The molecule has 78 heavy (non-hydrogen) atoms. The average Bonchev–Trinajstić information content (AvgIpc) is 1.45. The smallest absolute Gasteiger partial charge is 0.321 e. The van der Waals surface area contributed by atoms with E-state index >= 15 is 19.2 Å². The van der Waals surface area contributed by atoms with E-state index in [9.17, 15) is 0 Å². The maximum atomic E-state index is 15.9. The zero-order valence-corrected chi connectivity index (χ0v) is 40.4. The van der Waals surface area contributed by atoms with Gasteiger partial charge in [-0.1, -0.05) is 0 Å². The Balaban J connectivity index is 1.16. The van der Waals surface area contributed by atoms with Gasteiger partial charge in [-0.15, -0.1) is 0 Å². The van der Waals surface area contributed by atoms with Gasteiger partial charge >= 0.3 is 23.9 Å². The summed E-state index contributed by atoms with van der Waals surface area (Å²) < 4.78 is 24.3. The van der Waals surface area contributed by atoms with Crippen molar-refractivity contribution in [3.05, 3.63) is 33.4 Å². The molecule has 0 saturated carbocycles. The monoisotopic (exact) mass is 982 g/mol. The highest BCUT2D eigenvalue weighted by atomic mass is 16.6. The lowest BCUT2D eigenvalue weighted by Crippen LogP contribution is -2.56. The van der Waals surface area contributed by atoms with Crippen LogP contribution in [0.2, 0.25) is 0 Å². The third-order valence-electron chi connectivity index (χ3n) is 26.0. The summed E-state index contributed by atoms with van der Waals surface area (Å²) in [5.41, 5.74) is 2.48. The van der Waals surface area contributed by atoms with Crippen molar-refractivity contribution in [1.82, 2.24) is 0 Å². The summed E-state index contributed by atoms with van der Waals surface area (Å²) in [6.45, 7) is 0. The maximum absolute atomic E-state index is 15.9. The molecule has 2 atom stereocenters. The molecule has 8 nitrogen and oxygen atoms in total. The quantitative estimate of drug-likeness (QED) is 0.0702. The van der Waals surface area contributed by atoms with E-state index in [0.29, 0.717) is 0 Å². The molecule has 342 valence electrons. The summed E-state index contributed by atoms with van der Waals surface area (Å²) in [6.07, 6.45) is 0. The van der Waals surface area contributed by atoms with E-state index in [4.69, 9.17) is 18.9 Å². The third-order valence-corrected chi connectivity index (χ3v) is 26.0. The van der Waals surface area contributed by atoms with Crippen molar-refractivity contribution in [3.63, 3.8) is 0 Å². The minimum absolute atomic E-state index is 0.659. The second kappa shape index (κ2) is 7.53. The van der Waals surface area contributed by atoms with E-state index in [-0.39, 0.29) is 0 Å². The molecule has 0 heterocycles. The Kier molecular flexibility index (Phi) is 3.10. The summed E-state index contributed by atoms with van der Waals surface area (Å²) in [4.78, 5) is 63.7. The van der Waals surface area contributed by atoms with Crippen LogP contribution in [0.1, 0.15) is 33.4 Å². The highest BCUT2D eigenvalue weighted by Gasteiger charge is 2.73. The van der Waals surface area contributed by atoms with Crippen LogP contribution in [0.3, 0.4) is 0 Å². The van der Waals surface area contributed by atoms with E-state index in [1.54, 1.807) is 0 Å². The van der Waals surface area contributed by atoms with Crippen LogP contribution in [0, 0.1) is 11.8 Å². The van der Waals surface area contributed by atoms with Crippen LogP contribution in [0.25, 0.3) is 280 Å². The molecule has 0 saturated heterocycles. The number of esters is 4. The fourth-order valence-electron chi connectivity index (χ4n) is 25.6. The van der Waals surface area contributed by atoms with Crippen molar-refractivity contribution in [2.75, 3.05) is 28.4 Å². The zero-order valence-electron chi connectivity index (χ0n) is 40.4. The molecule has 32 rings (SSSR count). The molecule has 2 unspecified atom stereocenters. The second-order valence-corrected chi connectivity index (χ2v) is 26.3. The van der Waals surface area contributed by atoms with Crippen LogP contribution in [0.4, 0.5) is 0 Å². The molecule has 0 amide bonds. The number of rotatable bonds is 6. The molecule has 0 aromatic heterocycles. The van der Waals surface area contributed by atoms with Crippen LogP contribution >= 0.6 is 0 Å². The molecule has 5 aliphatic carbocycles. The van der Waals surface area contributed by atoms with Crippen LogP contribution in [-0.2, 0) is 49.0 Å². The predicted octanol–water partition coefficient (Wildman–Crippen LogP) is 14.9. The first kappa shape index (κ1) is 32.0. The van der Waals surface area contributed by atoms with Gasteiger partial charge in [0.1, 0.15) is 0 Å². The molecule has 0 bridgehead atoms. The number of hydrogen-bond acceptors (Lipinski definition) is 8. The van der Waals surface area contributed by atoms with Gasteiger partial charge in [-0.25, -0.2) is 0 Å². The van der Waals surface area contributed by atoms with Crippen molar-refractivity contribution >= 4 is 304 Å². The van der Waals surface area contributed by atoms with E-state index in [2.05, 4.69) is 0 Å². The van der Waals surface area contributed by atoms with E-state index in [1.807, 2.05) is 0 Å². The minimum atomic E-state index is -1.51. The Labute approximate surface area is 424 Å². The SMILES string of the molecule is COC(=O)C(C(=O)OC)C12c3c4c5c6c7c8c9c%10c(c1c1c%11c2c2c%12c3c5c3c5c%12c%12c2c2c%11c%11c%13c1c%10c1c%10c9c9c7c7c6c3c3c5c5c%12c6c2c%11c2c(c%131)c1c%10c9c9c7c3c3c9c1c2c6c53)C48C(C(=O)OC)C(=O)OC. The van der Waals surface area contributed by atoms with Crippen molar-refractivity contribution in [1.29, 1.82) is 0 Å². The lowest BCUT2D eigenvalue weighted by atomic mass is 9.48. The molecule has 0 N–H and O–H groups in total. The Morgan fingerprint density at radius 1 is 0.192 bits per heavy atom. The number of methoxy groups -OCH3 is 4. The van der Waals surface area contributed by atoms with Gasteiger partial charge < -0.3 is 18.9 Å². The number of benzene rings is 17. The molecule has 0 radical (unpaired) electrons. The summed E-state index contributed by atoms with van der Waals surface area (Å²) in [5.74, 6) is -5.63. The topological polar surface area (TPSA) is 105 Å². The molecule has 27 aromatic carbocycles. The van der Waals surface area contributed by atoms with E-state index in [1.165, 1.54) is 260 Å². The van der Waals surface area contributed by atoms with E-state index < -0.39 is 46.5 Å². The van der Waals surface area contributed by atoms with Crippen LogP contribution in [0.15, 0.2) is 0 Å². The Hall–Kier alpha value is -9.66. The van der Waals surface area contributed by atoms with Gasteiger partial charge in [0, 0.05) is 0 Å². The molecular weight excluding hydrogens is 969 g/mol. The van der Waals surface area contributed by atoms with Crippen molar-refractivity contribution in [3.8, 4) is 0 Å². The van der Waals surface area contributed by atoms with Gasteiger partial charge in [-0.3, -0.25) is 19.2 Å². The van der Waals surface area contributed by atoms with Gasteiger partial charge in [0.25, 0.3) is 0 Å². The van der Waals surface area contributed by atoms with Gasteiger partial charge in [0.2, 0.25) is 0 Å². The summed E-state index contributed by atoms with van der Waals surface area (Å²) in [5, 5.41) is 68.0. The van der Waals surface area contributed by atoms with Crippen molar-refractivity contribution < 1.29 is 38.1 Å². The Morgan fingerprint density at radius 2 is 0.295 bits per heavy atom. The first-order valence-corrected chi connectivity index (χ1v) is 27.5. The predicted molar refractivity (Wildman–Crippen MR) is 307 cm³/mol. The van der Waals surface area contributed by atoms with Crippen molar-refractivity contribution in [2.24, 2.45) is 11.8 Å². The lowest BCUT2D eigenvalue weighted by molar-refractivity contribution is -0.163. The minimum Gasteiger partial charge on any atom is -0.468 e. The normalized spacial score (nSPS) is 20.6. The highest BCUT2D eigenvalue weighted by molar-refractivity contribution is 6.81. The molecule has 5 aliphatic rings. The van der Waals surface area contributed by atoms with Crippen LogP contribution in [0.5, 0.6) is 0 Å². The fourth-order valence-corrected chi connectivity index (χ4v) is 25.6. The zero-order chi connectivity index (χ0) is 48.8. The molecular formula is C70H14O8. The van der Waals surface area contributed by atoms with Gasteiger partial charge in [-0.2, -0.15) is 0 Å². The molecule has 0 aliphatic heterocycles. The average molecular weight is 983 g/mol. The standard InChI is InChI=1S/C70H14O8/c1-75-65(71)63(66(72)76-2)69-57-49-40-33-20-13-7-8-10-6-5-9(7)18(20)24-22-11(5)15-12(6)23-25-19(10)21-14(8)17-16(13)27-35-28(17)37-34(21)41-39(25)43-30(23)32-26(15)31-29(22)42(38(24)40)53(57)55-44(31)45(32)56-54(43)58-50(41)47(37)52-48(35)51(46(49)36(27)33)59(69)60(52)70(58,62(56)61(55)69)64(67(73)77-3)68(74)78-4/h63-64H,1-4H3. The summed E-state index contributed by atoms with van der Waals surface area (Å²) in [6, 6.07) is 0. The molecule has 8 heteroatoms. The Bertz CT molecular complexity index is 7200. The molecule has 0 fully saturated rings. The van der Waals surface area contributed by atoms with Crippen molar-refractivity contribution in [2.45, 2.75) is 10.8 Å². The summed E-state index contributed by atoms with van der Waals surface area (Å²) >= 11 is 0. The number of hydrogen-bond donors (Lipinski definition) is 0. The molecule has 0 spiro atoms.